The SMILES string of the molecule is CC#CN(C)c1cc(CC)c(OCC(C)=O)c(F)c1C. The van der Waals surface area contributed by atoms with Gasteiger partial charge in [0, 0.05) is 18.7 Å². The zero-order chi connectivity index (χ0) is 15.3. The van der Waals surface area contributed by atoms with Crippen LogP contribution in [0.4, 0.5) is 10.1 Å². The summed E-state index contributed by atoms with van der Waals surface area (Å²) in [4.78, 5) is 12.7. The van der Waals surface area contributed by atoms with Gasteiger partial charge in [0.25, 0.3) is 0 Å². The van der Waals surface area contributed by atoms with Gasteiger partial charge in [-0.1, -0.05) is 12.8 Å². The maximum absolute atomic E-state index is 14.4. The molecule has 1 aromatic rings. The Bertz CT molecular complexity index is 570. The minimum absolute atomic E-state index is 0.118. The quantitative estimate of drug-likeness (QED) is 0.612. The summed E-state index contributed by atoms with van der Waals surface area (Å²) in [7, 11) is 1.79. The molecule has 1 rings (SSSR count). The molecule has 20 heavy (non-hydrogen) atoms. The van der Waals surface area contributed by atoms with Crippen molar-refractivity contribution in [2.45, 2.75) is 34.1 Å². The van der Waals surface area contributed by atoms with E-state index in [0.29, 0.717) is 17.7 Å². The van der Waals surface area contributed by atoms with Crippen molar-refractivity contribution in [2.75, 3.05) is 18.6 Å². The van der Waals surface area contributed by atoms with Gasteiger partial charge in [0.15, 0.2) is 17.3 Å². The zero-order valence-electron chi connectivity index (χ0n) is 12.6. The van der Waals surface area contributed by atoms with E-state index in [1.54, 1.807) is 25.8 Å². The Labute approximate surface area is 119 Å². The first kappa shape index (κ1) is 16.0. The third-order valence-corrected chi connectivity index (χ3v) is 2.96. The van der Waals surface area contributed by atoms with Crippen molar-refractivity contribution in [2.24, 2.45) is 0 Å². The van der Waals surface area contributed by atoms with Gasteiger partial charge in [-0.15, -0.1) is 0 Å². The molecule has 0 unspecified atom stereocenters. The van der Waals surface area contributed by atoms with Crippen molar-refractivity contribution < 1.29 is 13.9 Å². The Hall–Kier alpha value is -2.02. The van der Waals surface area contributed by atoms with E-state index in [0.717, 1.165) is 5.56 Å². The summed E-state index contributed by atoms with van der Waals surface area (Å²) >= 11 is 0. The van der Waals surface area contributed by atoms with E-state index >= 15 is 0 Å². The minimum atomic E-state index is -0.426. The Morgan fingerprint density at radius 3 is 2.65 bits per heavy atom. The number of carbonyl (C=O) groups is 1. The lowest BCUT2D eigenvalue weighted by Gasteiger charge is -2.19. The normalized spacial score (nSPS) is 9.70. The maximum atomic E-state index is 14.4. The average Bonchev–Trinajstić information content (AvgIpc) is 2.40. The third-order valence-electron chi connectivity index (χ3n) is 2.96. The van der Waals surface area contributed by atoms with E-state index in [2.05, 4.69) is 12.0 Å². The number of benzene rings is 1. The Morgan fingerprint density at radius 1 is 1.50 bits per heavy atom. The van der Waals surface area contributed by atoms with Crippen LogP contribution in [0, 0.1) is 24.7 Å². The predicted octanol–water partition coefficient (Wildman–Crippen LogP) is 3.08. The molecule has 0 bridgehead atoms. The van der Waals surface area contributed by atoms with Crippen LogP contribution in [0.1, 0.15) is 31.9 Å². The van der Waals surface area contributed by atoms with Gasteiger partial charge in [-0.25, -0.2) is 4.39 Å². The van der Waals surface area contributed by atoms with Gasteiger partial charge in [-0.2, -0.15) is 0 Å². The summed E-state index contributed by atoms with van der Waals surface area (Å²) in [6.45, 7) is 6.62. The highest BCUT2D eigenvalue weighted by molar-refractivity contribution is 5.77. The number of hydrogen-bond donors (Lipinski definition) is 0. The average molecular weight is 277 g/mol. The molecule has 0 heterocycles. The molecule has 108 valence electrons. The standard InChI is InChI=1S/C16H20FNO2/c1-6-8-18(5)14-9-13(7-2)16(15(17)12(14)4)20-10-11(3)19/h9H,7,10H2,1-5H3. The largest absolute Gasteiger partial charge is 0.482 e. The van der Waals surface area contributed by atoms with Crippen LogP contribution in [0.2, 0.25) is 0 Å². The van der Waals surface area contributed by atoms with Crippen LogP contribution in [0.3, 0.4) is 0 Å². The topological polar surface area (TPSA) is 29.5 Å². The molecule has 1 aromatic carbocycles. The van der Waals surface area contributed by atoms with E-state index in [1.807, 2.05) is 13.0 Å². The van der Waals surface area contributed by atoms with Gasteiger partial charge in [-0.05, 0) is 38.8 Å². The van der Waals surface area contributed by atoms with Crippen molar-refractivity contribution in [3.63, 3.8) is 0 Å². The fourth-order valence-corrected chi connectivity index (χ4v) is 1.93. The second-order valence-electron chi connectivity index (χ2n) is 4.59. The number of Topliss-reactive ketones (excluding diaryl/α,β-unsaturated/α-hetero) is 1. The summed E-state index contributed by atoms with van der Waals surface area (Å²) in [6, 6.07) is 4.73. The van der Waals surface area contributed by atoms with Crippen molar-refractivity contribution in [1.29, 1.82) is 0 Å². The summed E-state index contributed by atoms with van der Waals surface area (Å²) in [5.41, 5.74) is 1.91. The van der Waals surface area contributed by atoms with Gasteiger partial charge < -0.3 is 9.64 Å². The van der Waals surface area contributed by atoms with E-state index < -0.39 is 5.82 Å². The second kappa shape index (κ2) is 6.95. The van der Waals surface area contributed by atoms with Crippen molar-refractivity contribution >= 4 is 11.5 Å². The number of anilines is 1. The van der Waals surface area contributed by atoms with Crippen LogP contribution < -0.4 is 9.64 Å². The molecular formula is C16H20FNO2. The minimum Gasteiger partial charge on any atom is -0.482 e. The lowest BCUT2D eigenvalue weighted by molar-refractivity contribution is -0.118. The van der Waals surface area contributed by atoms with Crippen molar-refractivity contribution in [1.82, 2.24) is 0 Å². The zero-order valence-corrected chi connectivity index (χ0v) is 12.6. The maximum Gasteiger partial charge on any atom is 0.170 e. The predicted molar refractivity (Wildman–Crippen MR) is 78.5 cm³/mol. The van der Waals surface area contributed by atoms with Crippen LogP contribution in [0.5, 0.6) is 5.75 Å². The molecular weight excluding hydrogens is 257 g/mol. The van der Waals surface area contributed by atoms with Gasteiger partial charge in [0.1, 0.15) is 6.61 Å². The highest BCUT2D eigenvalue weighted by Gasteiger charge is 2.18. The van der Waals surface area contributed by atoms with Gasteiger partial charge in [0.2, 0.25) is 0 Å². The van der Waals surface area contributed by atoms with Crippen LogP contribution in [0.25, 0.3) is 0 Å². The molecule has 0 saturated carbocycles. The Kier molecular flexibility index (Phi) is 5.57. The van der Waals surface area contributed by atoms with Crippen LogP contribution in [-0.2, 0) is 11.2 Å². The third kappa shape index (κ3) is 3.51. The summed E-state index contributed by atoms with van der Waals surface area (Å²) in [5, 5.41) is 0. The number of ether oxygens (including phenoxy) is 1. The first-order valence-corrected chi connectivity index (χ1v) is 6.52. The molecule has 0 radical (unpaired) electrons. The fourth-order valence-electron chi connectivity index (χ4n) is 1.93. The van der Waals surface area contributed by atoms with E-state index in [4.69, 9.17) is 4.74 Å². The summed E-state index contributed by atoms with van der Waals surface area (Å²) < 4.78 is 19.8. The van der Waals surface area contributed by atoms with Gasteiger partial charge >= 0.3 is 0 Å². The number of hydrogen-bond acceptors (Lipinski definition) is 3. The number of carbonyl (C=O) groups excluding carboxylic acids is 1. The van der Waals surface area contributed by atoms with Crippen LogP contribution >= 0.6 is 0 Å². The first-order chi connectivity index (χ1) is 9.42. The second-order valence-corrected chi connectivity index (χ2v) is 4.59. The molecule has 0 N–H and O–H groups in total. The van der Waals surface area contributed by atoms with Gasteiger partial charge in [0.05, 0.1) is 5.69 Å². The lowest BCUT2D eigenvalue weighted by Crippen LogP contribution is -2.14. The van der Waals surface area contributed by atoms with Crippen molar-refractivity contribution in [3.05, 3.63) is 23.0 Å². The highest BCUT2D eigenvalue weighted by atomic mass is 19.1. The smallest absolute Gasteiger partial charge is 0.170 e. The molecule has 3 nitrogen and oxygen atoms in total. The lowest BCUT2D eigenvalue weighted by atomic mass is 10.0. The molecule has 0 aliphatic heterocycles. The van der Waals surface area contributed by atoms with E-state index in [-0.39, 0.29) is 18.1 Å². The van der Waals surface area contributed by atoms with Gasteiger partial charge in [-0.3, -0.25) is 4.79 Å². The molecule has 0 aliphatic carbocycles. The fraction of sp³-hybridized carbons (Fsp3) is 0.438. The number of ketones is 1. The van der Waals surface area contributed by atoms with Crippen LogP contribution in [-0.4, -0.2) is 19.4 Å². The molecule has 0 atom stereocenters. The number of halogens is 1. The first-order valence-electron chi connectivity index (χ1n) is 6.52. The van der Waals surface area contributed by atoms with Crippen molar-refractivity contribution in [3.8, 4) is 17.7 Å². The highest BCUT2D eigenvalue weighted by Crippen LogP contribution is 2.33. The number of nitrogens with zero attached hydrogens (tertiary/aromatic N) is 1. The molecule has 0 spiro atoms. The monoisotopic (exact) mass is 277 g/mol. The molecule has 0 saturated heterocycles. The summed E-state index contributed by atoms with van der Waals surface area (Å²) in [5.74, 6) is 2.39. The van der Waals surface area contributed by atoms with Crippen LogP contribution in [0.15, 0.2) is 6.07 Å². The Balaban J connectivity index is 3.30. The molecule has 0 aromatic heterocycles. The molecule has 0 aliphatic rings. The number of aryl methyl sites for hydroxylation is 1. The molecule has 4 heteroatoms. The molecule has 0 amide bonds. The molecule has 0 fully saturated rings. The summed E-state index contributed by atoms with van der Waals surface area (Å²) in [6.07, 6.45) is 0.616. The van der Waals surface area contributed by atoms with E-state index in [1.165, 1.54) is 6.92 Å². The number of rotatable bonds is 5. The Morgan fingerprint density at radius 2 is 2.15 bits per heavy atom. The van der Waals surface area contributed by atoms with E-state index in [9.17, 15) is 9.18 Å².